The normalized spacial score (nSPS) is 18.6. The summed E-state index contributed by atoms with van der Waals surface area (Å²) < 4.78 is 74.2. The molecule has 0 unspecified atom stereocenters. The summed E-state index contributed by atoms with van der Waals surface area (Å²) in [5.41, 5.74) is 0.706. The van der Waals surface area contributed by atoms with Crippen LogP contribution in [0.5, 0.6) is 11.5 Å². The summed E-state index contributed by atoms with van der Waals surface area (Å²) in [5.74, 6) is 0.820. The molecule has 196 valence electrons. The van der Waals surface area contributed by atoms with E-state index in [4.69, 9.17) is 4.74 Å². The van der Waals surface area contributed by atoms with E-state index in [1.807, 2.05) is 0 Å². The maximum absolute atomic E-state index is 14.5. The summed E-state index contributed by atoms with van der Waals surface area (Å²) in [5, 5.41) is 0. The van der Waals surface area contributed by atoms with Crippen LogP contribution < -0.4 is 9.47 Å². The van der Waals surface area contributed by atoms with Crippen molar-refractivity contribution in [2.45, 2.75) is 91.0 Å². The summed E-state index contributed by atoms with van der Waals surface area (Å²) in [7, 11) is 0. The van der Waals surface area contributed by atoms with Gasteiger partial charge < -0.3 is 9.47 Å². The highest BCUT2D eigenvalue weighted by Gasteiger charge is 2.35. The lowest BCUT2D eigenvalue weighted by Gasteiger charge is -2.28. The van der Waals surface area contributed by atoms with Gasteiger partial charge >= 0.3 is 12.5 Å². The summed E-state index contributed by atoms with van der Waals surface area (Å²) in [6.07, 6.45) is 3.88. The van der Waals surface area contributed by atoms with E-state index >= 15 is 0 Å². The van der Waals surface area contributed by atoms with E-state index in [1.165, 1.54) is 63.5 Å². The van der Waals surface area contributed by atoms with Gasteiger partial charge in [-0.25, -0.2) is 0 Å². The Morgan fingerprint density at radius 2 is 1.23 bits per heavy atom. The molecule has 1 saturated carbocycles. The van der Waals surface area contributed by atoms with Crippen LogP contribution in [-0.2, 0) is 12.5 Å². The van der Waals surface area contributed by atoms with Crippen molar-refractivity contribution in [2.24, 2.45) is 11.8 Å². The molecule has 0 spiro atoms. The Hall–Kier alpha value is -2.31. The molecule has 0 N–H and O–H groups in total. The van der Waals surface area contributed by atoms with E-state index in [2.05, 4.69) is 11.7 Å². The van der Waals surface area contributed by atoms with Crippen LogP contribution in [0.1, 0.15) is 83.3 Å². The van der Waals surface area contributed by atoms with Crippen LogP contribution in [0, 0.1) is 11.8 Å². The highest BCUT2D eigenvalue weighted by atomic mass is 19.4. The van der Waals surface area contributed by atoms with Crippen molar-refractivity contribution in [1.29, 1.82) is 0 Å². The fraction of sp³-hybridized carbons (Fsp3) is 0.571. The average Bonchev–Trinajstić information content (AvgIpc) is 2.79. The minimum absolute atomic E-state index is 0. The molecule has 0 radical (unpaired) electrons. The summed E-state index contributed by atoms with van der Waals surface area (Å²) in [4.78, 5) is 0. The van der Waals surface area contributed by atoms with Crippen LogP contribution in [0.2, 0.25) is 0 Å². The van der Waals surface area contributed by atoms with E-state index in [0.717, 1.165) is 48.6 Å². The number of ether oxygens (including phenoxy) is 2. The second-order valence-electron chi connectivity index (χ2n) is 9.26. The number of benzene rings is 2. The van der Waals surface area contributed by atoms with Gasteiger partial charge in [-0.3, -0.25) is 0 Å². The molecule has 1 fully saturated rings. The first-order valence-corrected chi connectivity index (χ1v) is 12.2. The first-order chi connectivity index (χ1) is 16.1. The number of hydrogen-bond acceptors (Lipinski definition) is 2. The SMILES string of the molecule is C.CCCCCC1CCC(CCc2ccc(C(F)(F)Oc3ccc(OC(F)(F)F)cc3)cc2)CC1. The molecular formula is C28H37F5O2. The van der Waals surface area contributed by atoms with E-state index in [9.17, 15) is 22.0 Å². The zero-order valence-electron chi connectivity index (χ0n) is 19.6. The Morgan fingerprint density at radius 3 is 1.74 bits per heavy atom. The van der Waals surface area contributed by atoms with Crippen LogP contribution >= 0.6 is 0 Å². The van der Waals surface area contributed by atoms with Gasteiger partial charge in [0.25, 0.3) is 0 Å². The fourth-order valence-corrected chi connectivity index (χ4v) is 4.64. The highest BCUT2D eigenvalue weighted by Crippen LogP contribution is 2.35. The lowest BCUT2D eigenvalue weighted by atomic mass is 9.78. The molecule has 2 aromatic rings. The van der Waals surface area contributed by atoms with Crippen molar-refractivity contribution < 1.29 is 31.4 Å². The molecule has 0 amide bonds. The van der Waals surface area contributed by atoms with E-state index < -0.39 is 18.2 Å². The maximum Gasteiger partial charge on any atom is 0.573 e. The molecule has 1 aliphatic carbocycles. The first kappa shape index (κ1) is 28.9. The predicted octanol–water partition coefficient (Wildman–Crippen LogP) is 9.67. The Morgan fingerprint density at radius 1 is 0.714 bits per heavy atom. The van der Waals surface area contributed by atoms with Gasteiger partial charge in [-0.1, -0.05) is 77.8 Å². The molecule has 0 atom stereocenters. The van der Waals surface area contributed by atoms with Crippen molar-refractivity contribution in [3.05, 3.63) is 59.7 Å². The average molecular weight is 501 g/mol. The van der Waals surface area contributed by atoms with Crippen molar-refractivity contribution in [2.75, 3.05) is 0 Å². The van der Waals surface area contributed by atoms with Gasteiger partial charge in [0, 0.05) is 0 Å². The Bertz CT molecular complexity index is 854. The second-order valence-corrected chi connectivity index (χ2v) is 9.26. The van der Waals surface area contributed by atoms with Crippen LogP contribution in [0.15, 0.2) is 48.5 Å². The van der Waals surface area contributed by atoms with Crippen molar-refractivity contribution in [3.63, 3.8) is 0 Å². The number of aryl methyl sites for hydroxylation is 1. The number of alkyl halides is 5. The zero-order valence-corrected chi connectivity index (χ0v) is 19.6. The monoisotopic (exact) mass is 500 g/mol. The standard InChI is InChI=1S/C27H33F5O2.CH4/c1-2-3-4-5-20-6-8-21(9-7-20)10-11-22-12-14-23(15-13-22)26(28,29)33-24-16-18-25(19-17-24)34-27(30,31)32;/h12-21H,2-11H2,1H3;1H4. The van der Waals surface area contributed by atoms with Gasteiger partial charge in [-0.2, -0.15) is 8.78 Å². The van der Waals surface area contributed by atoms with E-state index in [1.54, 1.807) is 12.1 Å². The molecule has 0 saturated heterocycles. The lowest BCUT2D eigenvalue weighted by Crippen LogP contribution is -2.22. The third kappa shape index (κ3) is 9.69. The molecule has 0 bridgehead atoms. The van der Waals surface area contributed by atoms with Crippen molar-refractivity contribution in [3.8, 4) is 11.5 Å². The fourth-order valence-electron chi connectivity index (χ4n) is 4.64. The third-order valence-corrected chi connectivity index (χ3v) is 6.62. The molecule has 0 aromatic heterocycles. The highest BCUT2D eigenvalue weighted by molar-refractivity contribution is 5.33. The van der Waals surface area contributed by atoms with Gasteiger partial charge in [-0.05, 0) is 66.6 Å². The Balaban J connectivity index is 0.00000432. The van der Waals surface area contributed by atoms with Crippen LogP contribution in [-0.4, -0.2) is 6.36 Å². The van der Waals surface area contributed by atoms with Crippen LogP contribution in [0.25, 0.3) is 0 Å². The molecule has 2 nitrogen and oxygen atoms in total. The zero-order chi connectivity index (χ0) is 24.6. The molecule has 0 aliphatic heterocycles. The minimum Gasteiger partial charge on any atom is -0.429 e. The van der Waals surface area contributed by atoms with Gasteiger partial charge in [0.2, 0.25) is 0 Å². The quantitative estimate of drug-likeness (QED) is 0.226. The lowest BCUT2D eigenvalue weighted by molar-refractivity contribution is -0.274. The molecule has 7 heteroatoms. The molecule has 2 aromatic carbocycles. The number of unbranched alkanes of at least 4 members (excludes halogenated alkanes) is 2. The number of rotatable bonds is 11. The van der Waals surface area contributed by atoms with Gasteiger partial charge in [0.1, 0.15) is 11.5 Å². The summed E-state index contributed by atoms with van der Waals surface area (Å²) in [6, 6.07) is 9.99. The van der Waals surface area contributed by atoms with Gasteiger partial charge in [0.05, 0.1) is 5.56 Å². The van der Waals surface area contributed by atoms with E-state index in [-0.39, 0.29) is 18.7 Å². The van der Waals surface area contributed by atoms with E-state index in [0.29, 0.717) is 5.92 Å². The smallest absolute Gasteiger partial charge is 0.429 e. The summed E-state index contributed by atoms with van der Waals surface area (Å²) >= 11 is 0. The van der Waals surface area contributed by atoms with Gasteiger partial charge in [0.15, 0.2) is 0 Å². The van der Waals surface area contributed by atoms with Gasteiger partial charge in [-0.15, -0.1) is 13.2 Å². The number of halogens is 5. The topological polar surface area (TPSA) is 18.5 Å². The molecular weight excluding hydrogens is 463 g/mol. The minimum atomic E-state index is -4.85. The van der Waals surface area contributed by atoms with Crippen molar-refractivity contribution in [1.82, 2.24) is 0 Å². The summed E-state index contributed by atoms with van der Waals surface area (Å²) in [6.45, 7) is 2.23. The third-order valence-electron chi connectivity index (χ3n) is 6.62. The van der Waals surface area contributed by atoms with Crippen molar-refractivity contribution >= 4 is 0 Å². The number of hydrogen-bond donors (Lipinski definition) is 0. The predicted molar refractivity (Wildman–Crippen MR) is 129 cm³/mol. The van der Waals surface area contributed by atoms with Crippen LogP contribution in [0.4, 0.5) is 22.0 Å². The largest absolute Gasteiger partial charge is 0.573 e. The maximum atomic E-state index is 14.5. The van der Waals surface area contributed by atoms with Crippen LogP contribution in [0.3, 0.4) is 0 Å². The molecule has 1 aliphatic rings. The molecule has 0 heterocycles. The Kier molecular flexibility index (Phi) is 10.8. The second kappa shape index (κ2) is 13.1. The molecule has 3 rings (SSSR count). The first-order valence-electron chi connectivity index (χ1n) is 12.2. The molecule has 35 heavy (non-hydrogen) atoms. The Labute approximate surface area is 205 Å².